The molecule has 1 saturated heterocycles. The van der Waals surface area contributed by atoms with Crippen molar-refractivity contribution in [2.24, 2.45) is 5.92 Å². The van der Waals surface area contributed by atoms with Gasteiger partial charge in [0.25, 0.3) is 0 Å². The molecule has 122 valence electrons. The minimum absolute atomic E-state index is 0.569. The fourth-order valence-electron chi connectivity index (χ4n) is 3.24. The van der Waals surface area contributed by atoms with Crippen LogP contribution in [0.5, 0.6) is 5.75 Å². The van der Waals surface area contributed by atoms with Gasteiger partial charge in [0.05, 0.1) is 12.1 Å². The third-order valence-corrected chi connectivity index (χ3v) is 4.78. The first kappa shape index (κ1) is 16.6. The molecule has 1 aromatic carbocycles. The molecule has 2 heterocycles. The van der Waals surface area contributed by atoms with Crippen LogP contribution in [0.2, 0.25) is 10.0 Å². The van der Waals surface area contributed by atoms with Crippen molar-refractivity contribution >= 4 is 23.2 Å². The lowest BCUT2D eigenvalue weighted by molar-refractivity contribution is 0.307. The van der Waals surface area contributed by atoms with Gasteiger partial charge in [-0.2, -0.15) is 0 Å². The van der Waals surface area contributed by atoms with Crippen LogP contribution in [0, 0.1) is 5.92 Å². The zero-order valence-electron chi connectivity index (χ0n) is 13.1. The number of aromatic nitrogens is 1. The smallest absolute Gasteiger partial charge is 0.142 e. The Labute approximate surface area is 147 Å². The SMILES string of the molecule is COc1c(Cl)cc(Cl)cc1CN1CCC(Cc2ccccn2)C1. The van der Waals surface area contributed by atoms with Crippen LogP contribution in [0.25, 0.3) is 0 Å². The molecule has 1 aliphatic heterocycles. The molecule has 0 bridgehead atoms. The second-order valence-corrected chi connectivity index (χ2v) is 6.84. The predicted molar refractivity (Wildman–Crippen MR) is 94.3 cm³/mol. The molecule has 0 spiro atoms. The summed E-state index contributed by atoms with van der Waals surface area (Å²) in [4.78, 5) is 6.86. The number of halogens is 2. The van der Waals surface area contributed by atoms with Crippen molar-refractivity contribution in [3.8, 4) is 5.75 Å². The molecule has 1 aromatic heterocycles. The number of ether oxygens (including phenoxy) is 1. The van der Waals surface area contributed by atoms with Crippen LogP contribution in [-0.4, -0.2) is 30.1 Å². The van der Waals surface area contributed by atoms with Crippen molar-refractivity contribution in [2.75, 3.05) is 20.2 Å². The average Bonchev–Trinajstić information content (AvgIpc) is 2.95. The van der Waals surface area contributed by atoms with Crippen molar-refractivity contribution in [3.05, 3.63) is 57.8 Å². The molecule has 3 nitrogen and oxygen atoms in total. The Morgan fingerprint density at radius 1 is 1.30 bits per heavy atom. The van der Waals surface area contributed by atoms with Gasteiger partial charge in [-0.05, 0) is 49.6 Å². The lowest BCUT2D eigenvalue weighted by atomic mass is 10.0. The predicted octanol–water partition coefficient (Wildman–Crippen LogP) is 4.46. The Bertz CT molecular complexity index is 664. The maximum absolute atomic E-state index is 6.22. The molecule has 1 fully saturated rings. The van der Waals surface area contributed by atoms with Gasteiger partial charge in [-0.3, -0.25) is 9.88 Å². The normalized spacial score (nSPS) is 18.3. The number of pyridine rings is 1. The van der Waals surface area contributed by atoms with E-state index in [9.17, 15) is 0 Å². The van der Waals surface area contributed by atoms with Crippen LogP contribution in [0.1, 0.15) is 17.7 Å². The quantitative estimate of drug-likeness (QED) is 0.795. The minimum Gasteiger partial charge on any atom is -0.495 e. The van der Waals surface area contributed by atoms with E-state index in [2.05, 4.69) is 16.0 Å². The van der Waals surface area contributed by atoms with Crippen LogP contribution < -0.4 is 4.74 Å². The zero-order valence-corrected chi connectivity index (χ0v) is 14.6. The minimum atomic E-state index is 0.569. The molecule has 2 aromatic rings. The fourth-order valence-corrected chi connectivity index (χ4v) is 3.85. The summed E-state index contributed by atoms with van der Waals surface area (Å²) in [5, 5.41) is 1.22. The standard InChI is InChI=1S/C18H20Cl2N2O/c1-23-18-14(9-15(19)10-17(18)20)12-22-7-5-13(11-22)8-16-4-2-3-6-21-16/h2-4,6,9-10,13H,5,7-8,11-12H2,1H3. The highest BCUT2D eigenvalue weighted by Crippen LogP contribution is 2.34. The summed E-state index contributed by atoms with van der Waals surface area (Å²) in [5.74, 6) is 1.37. The highest BCUT2D eigenvalue weighted by Gasteiger charge is 2.24. The maximum Gasteiger partial charge on any atom is 0.142 e. The summed E-state index contributed by atoms with van der Waals surface area (Å²) in [6.07, 6.45) is 4.08. The van der Waals surface area contributed by atoms with Crippen molar-refractivity contribution in [2.45, 2.75) is 19.4 Å². The monoisotopic (exact) mass is 350 g/mol. The van der Waals surface area contributed by atoms with Crippen LogP contribution >= 0.6 is 23.2 Å². The lowest BCUT2D eigenvalue weighted by Crippen LogP contribution is -2.21. The van der Waals surface area contributed by atoms with E-state index in [1.807, 2.05) is 24.4 Å². The Kier molecular flexibility index (Phi) is 5.42. The number of hydrogen-bond acceptors (Lipinski definition) is 3. The van der Waals surface area contributed by atoms with E-state index in [0.717, 1.165) is 37.4 Å². The summed E-state index contributed by atoms with van der Waals surface area (Å²) >= 11 is 12.4. The molecule has 3 rings (SSSR count). The number of hydrogen-bond donors (Lipinski definition) is 0. The van der Waals surface area contributed by atoms with Gasteiger partial charge < -0.3 is 4.74 Å². The van der Waals surface area contributed by atoms with Gasteiger partial charge in [0.15, 0.2) is 0 Å². The molecular weight excluding hydrogens is 331 g/mol. The third kappa shape index (κ3) is 4.17. The van der Waals surface area contributed by atoms with E-state index in [0.29, 0.717) is 16.0 Å². The molecule has 0 saturated carbocycles. The molecule has 0 N–H and O–H groups in total. The number of rotatable bonds is 5. The summed E-state index contributed by atoms with van der Waals surface area (Å²) in [6, 6.07) is 9.77. The van der Waals surface area contributed by atoms with Crippen LogP contribution in [-0.2, 0) is 13.0 Å². The third-order valence-electron chi connectivity index (χ3n) is 4.28. The van der Waals surface area contributed by atoms with Crippen molar-refractivity contribution in [1.82, 2.24) is 9.88 Å². The van der Waals surface area contributed by atoms with Gasteiger partial charge in [-0.1, -0.05) is 29.3 Å². The first-order valence-electron chi connectivity index (χ1n) is 7.80. The van der Waals surface area contributed by atoms with Crippen LogP contribution in [0.15, 0.2) is 36.5 Å². The highest BCUT2D eigenvalue weighted by molar-refractivity contribution is 6.35. The number of likely N-dealkylation sites (tertiary alicyclic amines) is 1. The molecular formula is C18H20Cl2N2O. The van der Waals surface area contributed by atoms with Gasteiger partial charge >= 0.3 is 0 Å². The van der Waals surface area contributed by atoms with Crippen LogP contribution in [0.4, 0.5) is 0 Å². The Morgan fingerprint density at radius 2 is 2.17 bits per heavy atom. The molecule has 0 radical (unpaired) electrons. The van der Waals surface area contributed by atoms with Gasteiger partial charge in [0, 0.05) is 35.6 Å². The van der Waals surface area contributed by atoms with Gasteiger partial charge in [-0.25, -0.2) is 0 Å². The van der Waals surface area contributed by atoms with Crippen molar-refractivity contribution in [1.29, 1.82) is 0 Å². The summed E-state index contributed by atoms with van der Waals surface area (Å²) < 4.78 is 5.44. The molecule has 1 aliphatic rings. The van der Waals surface area contributed by atoms with Gasteiger partial charge in [0.2, 0.25) is 0 Å². The van der Waals surface area contributed by atoms with E-state index < -0.39 is 0 Å². The van der Waals surface area contributed by atoms with E-state index in [1.54, 1.807) is 13.2 Å². The zero-order chi connectivity index (χ0) is 16.2. The summed E-state index contributed by atoms with van der Waals surface area (Å²) in [7, 11) is 1.65. The van der Waals surface area contributed by atoms with Crippen molar-refractivity contribution < 1.29 is 4.74 Å². The Balaban J connectivity index is 1.64. The molecule has 1 unspecified atom stereocenters. The molecule has 23 heavy (non-hydrogen) atoms. The van der Waals surface area contributed by atoms with Gasteiger partial charge in [-0.15, -0.1) is 0 Å². The average molecular weight is 351 g/mol. The van der Waals surface area contributed by atoms with E-state index in [4.69, 9.17) is 27.9 Å². The molecule has 0 aliphatic carbocycles. The first-order chi connectivity index (χ1) is 11.2. The Hall–Kier alpha value is -1.29. The topological polar surface area (TPSA) is 25.4 Å². The molecule has 0 amide bonds. The van der Waals surface area contributed by atoms with Crippen molar-refractivity contribution in [3.63, 3.8) is 0 Å². The maximum atomic E-state index is 6.22. The summed E-state index contributed by atoms with van der Waals surface area (Å²) in [6.45, 7) is 2.94. The van der Waals surface area contributed by atoms with Crippen LogP contribution in [0.3, 0.4) is 0 Å². The Morgan fingerprint density at radius 3 is 2.91 bits per heavy atom. The number of nitrogens with zero attached hydrogens (tertiary/aromatic N) is 2. The molecule has 1 atom stereocenters. The second kappa shape index (κ2) is 7.52. The number of benzene rings is 1. The fraction of sp³-hybridized carbons (Fsp3) is 0.389. The highest BCUT2D eigenvalue weighted by atomic mass is 35.5. The lowest BCUT2D eigenvalue weighted by Gasteiger charge is -2.19. The van der Waals surface area contributed by atoms with E-state index in [1.165, 1.54) is 12.1 Å². The van der Waals surface area contributed by atoms with E-state index >= 15 is 0 Å². The van der Waals surface area contributed by atoms with Gasteiger partial charge in [0.1, 0.15) is 5.75 Å². The first-order valence-corrected chi connectivity index (χ1v) is 8.55. The summed E-state index contributed by atoms with van der Waals surface area (Å²) in [5.41, 5.74) is 2.21. The van der Waals surface area contributed by atoms with E-state index in [-0.39, 0.29) is 0 Å². The molecule has 5 heteroatoms. The largest absolute Gasteiger partial charge is 0.495 e. The number of methoxy groups -OCH3 is 1. The second-order valence-electron chi connectivity index (χ2n) is 5.99.